The van der Waals surface area contributed by atoms with Crippen molar-refractivity contribution in [3.63, 3.8) is 0 Å². The first-order chi connectivity index (χ1) is 18.5. The number of phosphoric acid groups is 1. The lowest BCUT2D eigenvalue weighted by Gasteiger charge is -2.25. The summed E-state index contributed by atoms with van der Waals surface area (Å²) in [5.74, 6) is 0. The largest absolute Gasteiger partial charge is 0.756 e. The molecule has 9 nitrogen and oxygen atoms in total. The summed E-state index contributed by atoms with van der Waals surface area (Å²) in [5.41, 5.74) is 0. The normalized spacial score (nSPS) is 12.9. The number of amides is 2. The van der Waals surface area contributed by atoms with Gasteiger partial charge in [-0.25, -0.2) is 4.79 Å². The number of nitrogens with one attached hydrogen (secondary N) is 1. The third-order valence-electron chi connectivity index (χ3n) is 6.67. The van der Waals surface area contributed by atoms with Crippen LogP contribution >= 0.6 is 7.82 Å². The molecule has 236 valence electrons. The zero-order chi connectivity index (χ0) is 29.8. The van der Waals surface area contributed by atoms with Gasteiger partial charge in [0.05, 0.1) is 27.7 Å². The van der Waals surface area contributed by atoms with Crippen LogP contribution in [0.25, 0.3) is 0 Å². The molecule has 0 rings (SSSR count). The van der Waals surface area contributed by atoms with Gasteiger partial charge in [0.2, 0.25) is 0 Å². The standard InChI is InChI=1S/C24H50N2O2.C5H14NO4P/c1-3-4-5-6-7-8-9-10-11-12-13-14-15-16-17-18-19-20-21-26(22-23-27)24(28)25-2;1-6(2,3)4-5-10-11(7,8)9/h27H,3-23H2,1-2H3,(H,25,28);4-5H2,1-3H3,(H-,7,8,9). The summed E-state index contributed by atoms with van der Waals surface area (Å²) in [5, 5.41) is 11.6. The second-order valence-corrected chi connectivity index (χ2v) is 12.8. The molecule has 0 saturated carbocycles. The molecule has 0 aromatic heterocycles. The van der Waals surface area contributed by atoms with Crippen molar-refractivity contribution in [1.29, 1.82) is 0 Å². The van der Waals surface area contributed by atoms with Crippen molar-refractivity contribution in [2.24, 2.45) is 0 Å². The number of likely N-dealkylation sites (N-methyl/N-ethyl adjacent to an activating group) is 1. The van der Waals surface area contributed by atoms with Crippen LogP contribution < -0.4 is 10.2 Å². The Morgan fingerprint density at radius 3 is 1.49 bits per heavy atom. The Morgan fingerprint density at radius 1 is 0.795 bits per heavy atom. The minimum Gasteiger partial charge on any atom is -0.756 e. The third-order valence-corrected chi connectivity index (χ3v) is 7.18. The van der Waals surface area contributed by atoms with Gasteiger partial charge in [0, 0.05) is 20.1 Å². The topological polar surface area (TPSA) is 122 Å². The highest BCUT2D eigenvalue weighted by atomic mass is 31.2. The first-order valence-electron chi connectivity index (χ1n) is 15.5. The average Bonchev–Trinajstić information content (AvgIpc) is 2.85. The van der Waals surface area contributed by atoms with Gasteiger partial charge >= 0.3 is 6.03 Å². The van der Waals surface area contributed by atoms with Crippen molar-refractivity contribution in [3.05, 3.63) is 0 Å². The van der Waals surface area contributed by atoms with Gasteiger partial charge in [-0.05, 0) is 6.42 Å². The van der Waals surface area contributed by atoms with Crippen LogP contribution in [0.5, 0.6) is 0 Å². The van der Waals surface area contributed by atoms with Crippen molar-refractivity contribution >= 4 is 13.9 Å². The highest BCUT2D eigenvalue weighted by molar-refractivity contribution is 7.44. The van der Waals surface area contributed by atoms with E-state index in [1.807, 2.05) is 21.1 Å². The molecule has 39 heavy (non-hydrogen) atoms. The Balaban J connectivity index is 0. The summed E-state index contributed by atoms with van der Waals surface area (Å²) in [6, 6.07) is -0.0824. The Labute approximate surface area is 240 Å². The van der Waals surface area contributed by atoms with Crippen molar-refractivity contribution in [3.8, 4) is 0 Å². The molecule has 0 spiro atoms. The molecule has 0 aliphatic rings. The second-order valence-electron chi connectivity index (χ2n) is 11.6. The molecule has 10 heteroatoms. The van der Waals surface area contributed by atoms with E-state index >= 15 is 0 Å². The average molecular weight is 582 g/mol. The molecular formula is C29H64N3O6P. The maximum atomic E-state index is 11.6. The van der Waals surface area contributed by atoms with Crippen LogP contribution in [0, 0.1) is 0 Å². The van der Waals surface area contributed by atoms with Crippen LogP contribution in [-0.4, -0.2) is 86.5 Å². The summed E-state index contributed by atoms with van der Waals surface area (Å²) >= 11 is 0. The van der Waals surface area contributed by atoms with E-state index in [-0.39, 0.29) is 19.2 Å². The Bertz CT molecular complexity index is 584. The first kappa shape index (κ1) is 40.4. The van der Waals surface area contributed by atoms with Crippen LogP contribution in [0.15, 0.2) is 0 Å². The number of carbonyl (C=O) groups is 1. The van der Waals surface area contributed by atoms with Crippen molar-refractivity contribution in [2.75, 3.05) is 61.0 Å². The molecule has 0 bridgehead atoms. The number of rotatable bonds is 25. The van der Waals surface area contributed by atoms with E-state index in [0.717, 1.165) is 13.0 Å². The molecule has 0 radical (unpaired) electrons. The summed E-state index contributed by atoms with van der Waals surface area (Å²) < 4.78 is 14.8. The molecule has 2 amide bonds. The summed E-state index contributed by atoms with van der Waals surface area (Å²) in [6.45, 7) is 4.04. The number of unbranched alkanes of at least 4 members (excludes halogenated alkanes) is 17. The number of carbonyl (C=O) groups excluding carboxylic acids is 1. The van der Waals surface area contributed by atoms with Gasteiger partial charge in [0.25, 0.3) is 7.82 Å². The molecule has 0 aliphatic carbocycles. The molecule has 0 aliphatic heterocycles. The van der Waals surface area contributed by atoms with E-state index < -0.39 is 7.82 Å². The third kappa shape index (κ3) is 35.3. The fourth-order valence-corrected chi connectivity index (χ4v) is 4.54. The van der Waals surface area contributed by atoms with Gasteiger partial charge in [-0.1, -0.05) is 116 Å². The van der Waals surface area contributed by atoms with Gasteiger partial charge in [0.1, 0.15) is 13.2 Å². The second kappa shape index (κ2) is 27.5. The SMILES string of the molecule is CCCCCCCCCCCCCCCCCCCCN(CCO)C(=O)NC.C[N+](C)(C)CCOP(=O)([O-])O. The van der Waals surface area contributed by atoms with E-state index in [1.165, 1.54) is 109 Å². The van der Waals surface area contributed by atoms with E-state index in [4.69, 9.17) is 10.00 Å². The molecular weight excluding hydrogens is 517 g/mol. The van der Waals surface area contributed by atoms with E-state index in [9.17, 15) is 14.3 Å². The number of urea groups is 1. The molecule has 0 aromatic carbocycles. The fraction of sp³-hybridized carbons (Fsp3) is 0.966. The predicted octanol–water partition coefficient (Wildman–Crippen LogP) is 5.83. The van der Waals surface area contributed by atoms with E-state index in [2.05, 4.69) is 16.8 Å². The van der Waals surface area contributed by atoms with Crippen molar-refractivity contribution < 1.29 is 33.3 Å². The molecule has 0 heterocycles. The monoisotopic (exact) mass is 581 g/mol. The molecule has 3 N–H and O–H groups in total. The lowest BCUT2D eigenvalue weighted by Crippen LogP contribution is -2.40. The van der Waals surface area contributed by atoms with Crippen LogP contribution in [0.4, 0.5) is 4.79 Å². The highest BCUT2D eigenvalue weighted by Gasteiger charge is 2.10. The molecule has 1 unspecified atom stereocenters. The smallest absolute Gasteiger partial charge is 0.317 e. The number of hydrogen-bond donors (Lipinski definition) is 3. The Morgan fingerprint density at radius 2 is 1.18 bits per heavy atom. The fourth-order valence-electron chi connectivity index (χ4n) is 4.23. The number of hydrogen-bond acceptors (Lipinski definition) is 5. The van der Waals surface area contributed by atoms with Crippen molar-refractivity contribution in [2.45, 2.75) is 122 Å². The minimum absolute atomic E-state index is 0.0147. The van der Waals surface area contributed by atoms with Gasteiger partial charge in [-0.3, -0.25) is 4.57 Å². The quantitative estimate of drug-likeness (QED) is 0.0708. The van der Waals surface area contributed by atoms with Gasteiger partial charge < -0.3 is 34.1 Å². The van der Waals surface area contributed by atoms with Crippen molar-refractivity contribution in [1.82, 2.24) is 10.2 Å². The molecule has 1 atom stereocenters. The molecule has 0 aromatic rings. The first-order valence-corrected chi connectivity index (χ1v) is 17.0. The van der Waals surface area contributed by atoms with Gasteiger partial charge in [-0.2, -0.15) is 0 Å². The van der Waals surface area contributed by atoms with Crippen LogP contribution in [0.2, 0.25) is 0 Å². The Kier molecular flexibility index (Phi) is 28.5. The van der Waals surface area contributed by atoms with Gasteiger partial charge in [0.15, 0.2) is 0 Å². The van der Waals surface area contributed by atoms with Crippen LogP contribution in [0.3, 0.4) is 0 Å². The number of nitrogens with zero attached hydrogens (tertiary/aromatic N) is 2. The van der Waals surface area contributed by atoms with Crippen LogP contribution in [-0.2, 0) is 9.09 Å². The Hall–Kier alpha value is -0.700. The lowest BCUT2D eigenvalue weighted by atomic mass is 10.0. The summed E-state index contributed by atoms with van der Waals surface area (Å²) in [7, 11) is 2.83. The lowest BCUT2D eigenvalue weighted by molar-refractivity contribution is -0.870. The van der Waals surface area contributed by atoms with Gasteiger partial charge in [-0.15, -0.1) is 0 Å². The number of phosphoric ester groups is 1. The van der Waals surface area contributed by atoms with E-state index in [1.54, 1.807) is 11.9 Å². The molecule has 0 saturated heterocycles. The van der Waals surface area contributed by atoms with E-state index in [0.29, 0.717) is 17.6 Å². The van der Waals surface area contributed by atoms with Crippen LogP contribution in [0.1, 0.15) is 122 Å². The number of aliphatic hydroxyl groups is 1. The number of aliphatic hydroxyl groups excluding tert-OH is 1. The molecule has 0 fully saturated rings. The summed E-state index contributed by atoms with van der Waals surface area (Å²) in [4.78, 5) is 31.6. The highest BCUT2D eigenvalue weighted by Crippen LogP contribution is 2.29. The minimum atomic E-state index is -4.51. The number of quaternary nitrogens is 1. The summed E-state index contributed by atoms with van der Waals surface area (Å²) in [6.07, 6.45) is 24.6. The predicted molar refractivity (Wildman–Crippen MR) is 161 cm³/mol. The zero-order valence-corrected chi connectivity index (χ0v) is 27.0. The zero-order valence-electron chi connectivity index (χ0n) is 26.1. The maximum Gasteiger partial charge on any atom is 0.317 e. The maximum absolute atomic E-state index is 11.6.